The quantitative estimate of drug-likeness (QED) is 0.290. The molecule has 6 nitrogen and oxygen atoms in total. The first-order valence-electron chi connectivity index (χ1n) is 8.59. The van der Waals surface area contributed by atoms with E-state index in [0.29, 0.717) is 36.7 Å². The number of ether oxygens (including phenoxy) is 1. The van der Waals surface area contributed by atoms with E-state index in [1.54, 1.807) is 17.8 Å². The first-order valence-corrected chi connectivity index (χ1v) is 10.3. The summed E-state index contributed by atoms with van der Waals surface area (Å²) in [5.74, 6) is -0.104. The number of aryl methyl sites for hydroxylation is 1. The topological polar surface area (TPSA) is 73.2 Å². The zero-order valence-electron chi connectivity index (χ0n) is 15.4. The molecule has 0 spiro atoms. The van der Waals surface area contributed by atoms with Crippen molar-refractivity contribution in [2.24, 2.45) is 0 Å². The lowest BCUT2D eigenvalue weighted by Crippen LogP contribution is -2.32. The van der Waals surface area contributed by atoms with Gasteiger partial charge in [-0.1, -0.05) is 24.8 Å². The van der Waals surface area contributed by atoms with E-state index in [1.807, 2.05) is 13.0 Å². The van der Waals surface area contributed by atoms with Crippen molar-refractivity contribution in [2.75, 3.05) is 20.3 Å². The van der Waals surface area contributed by atoms with E-state index in [1.165, 1.54) is 23.1 Å². The maximum atomic E-state index is 13.0. The molecule has 0 aliphatic rings. The van der Waals surface area contributed by atoms with Crippen molar-refractivity contribution in [2.45, 2.75) is 43.6 Å². The molecule has 2 aromatic heterocycles. The Hall–Kier alpha value is -1.64. The Morgan fingerprint density at radius 3 is 3.00 bits per heavy atom. The van der Waals surface area contributed by atoms with Crippen LogP contribution in [0.3, 0.4) is 0 Å². The fourth-order valence-electron chi connectivity index (χ4n) is 2.40. The van der Waals surface area contributed by atoms with Gasteiger partial charge in [0.1, 0.15) is 4.83 Å². The van der Waals surface area contributed by atoms with Crippen molar-refractivity contribution in [3.8, 4) is 0 Å². The molecule has 142 valence electrons. The number of thioether (sulfide) groups is 1. The predicted octanol–water partition coefficient (Wildman–Crippen LogP) is 2.84. The zero-order chi connectivity index (χ0) is 19.1. The van der Waals surface area contributed by atoms with Crippen molar-refractivity contribution in [3.63, 3.8) is 0 Å². The van der Waals surface area contributed by atoms with Gasteiger partial charge in [0, 0.05) is 31.7 Å². The molecule has 1 atom stereocenters. The van der Waals surface area contributed by atoms with Crippen molar-refractivity contribution < 1.29 is 9.53 Å². The summed E-state index contributed by atoms with van der Waals surface area (Å²) >= 11 is 2.84. The van der Waals surface area contributed by atoms with Crippen LogP contribution in [-0.4, -0.2) is 41.0 Å². The number of nitrogens with zero attached hydrogens (tertiary/aromatic N) is 2. The lowest BCUT2D eigenvalue weighted by atomic mass is 10.3. The average molecular weight is 396 g/mol. The average Bonchev–Trinajstić information content (AvgIpc) is 3.05. The van der Waals surface area contributed by atoms with Gasteiger partial charge in [-0.3, -0.25) is 14.2 Å². The van der Waals surface area contributed by atoms with Crippen LogP contribution in [0.5, 0.6) is 0 Å². The number of nitrogens with one attached hydrogen (secondary N) is 1. The fourth-order valence-corrected chi connectivity index (χ4v) is 4.37. The largest absolute Gasteiger partial charge is 0.385 e. The zero-order valence-corrected chi connectivity index (χ0v) is 17.0. The molecule has 0 bridgehead atoms. The van der Waals surface area contributed by atoms with Gasteiger partial charge in [0.25, 0.3) is 5.56 Å². The van der Waals surface area contributed by atoms with Crippen molar-refractivity contribution >= 4 is 39.2 Å². The smallest absolute Gasteiger partial charge is 0.262 e. The number of hydrogen-bond acceptors (Lipinski definition) is 6. The molecule has 0 saturated heterocycles. The summed E-state index contributed by atoms with van der Waals surface area (Å²) < 4.78 is 6.76. The van der Waals surface area contributed by atoms with Gasteiger partial charge in [-0.05, 0) is 25.8 Å². The summed E-state index contributed by atoms with van der Waals surface area (Å²) in [6.07, 6.45) is 3.21. The molecule has 0 aliphatic carbocycles. The van der Waals surface area contributed by atoms with E-state index >= 15 is 0 Å². The van der Waals surface area contributed by atoms with E-state index in [2.05, 4.69) is 23.8 Å². The van der Waals surface area contributed by atoms with Crippen LogP contribution >= 0.6 is 23.1 Å². The Balaban J connectivity index is 2.37. The standard InChI is InChI=1S/C18H25N3O3S2/c1-5-8-19-15(22)12(3)25-18-20-16-14(11-13(6-2)26-16)17(23)21(18)9-7-10-24-4/h5,11-12H,1,6-10H2,2-4H3,(H,19,22)/t12-/m1/s1. The monoisotopic (exact) mass is 395 g/mol. The molecular weight excluding hydrogens is 370 g/mol. The van der Waals surface area contributed by atoms with E-state index in [9.17, 15) is 9.59 Å². The fraction of sp³-hybridized carbons (Fsp3) is 0.500. The van der Waals surface area contributed by atoms with Gasteiger partial charge in [-0.15, -0.1) is 17.9 Å². The molecule has 0 aliphatic heterocycles. The van der Waals surface area contributed by atoms with Crippen molar-refractivity contribution in [1.82, 2.24) is 14.9 Å². The van der Waals surface area contributed by atoms with E-state index in [0.717, 1.165) is 16.1 Å². The number of methoxy groups -OCH3 is 1. The second-order valence-corrected chi connectivity index (χ2v) is 8.20. The van der Waals surface area contributed by atoms with Crippen molar-refractivity contribution in [1.29, 1.82) is 0 Å². The number of amides is 1. The van der Waals surface area contributed by atoms with E-state index in [-0.39, 0.29) is 16.7 Å². The van der Waals surface area contributed by atoms with Crippen molar-refractivity contribution in [3.05, 3.63) is 34.0 Å². The second kappa shape index (κ2) is 9.89. The molecular formula is C18H25N3O3S2. The third-order valence-electron chi connectivity index (χ3n) is 3.82. The van der Waals surface area contributed by atoms with Crippen LogP contribution in [0, 0.1) is 0 Å². The number of aromatic nitrogens is 2. The number of fused-ring (bicyclic) bond motifs is 1. The minimum atomic E-state index is -0.362. The van der Waals surface area contributed by atoms with E-state index < -0.39 is 0 Å². The Bertz CT molecular complexity index is 829. The van der Waals surface area contributed by atoms with Gasteiger partial charge in [0.2, 0.25) is 5.91 Å². The van der Waals surface area contributed by atoms with E-state index in [4.69, 9.17) is 4.74 Å². The van der Waals surface area contributed by atoms with Crippen LogP contribution in [0.2, 0.25) is 0 Å². The molecule has 1 amide bonds. The summed E-state index contributed by atoms with van der Waals surface area (Å²) in [5, 5.41) is 3.64. The third kappa shape index (κ3) is 4.96. The van der Waals surface area contributed by atoms with Crippen LogP contribution in [0.15, 0.2) is 28.7 Å². The predicted molar refractivity (Wildman–Crippen MR) is 108 cm³/mol. The summed E-state index contributed by atoms with van der Waals surface area (Å²) in [7, 11) is 1.64. The second-order valence-electron chi connectivity index (χ2n) is 5.78. The highest BCUT2D eigenvalue weighted by Gasteiger charge is 2.20. The molecule has 0 aromatic carbocycles. The lowest BCUT2D eigenvalue weighted by Gasteiger charge is -2.15. The van der Waals surface area contributed by atoms with Gasteiger partial charge in [-0.25, -0.2) is 4.98 Å². The molecule has 2 aromatic rings. The van der Waals surface area contributed by atoms with Crippen LogP contribution in [0.25, 0.3) is 10.2 Å². The minimum absolute atomic E-state index is 0.0525. The van der Waals surface area contributed by atoms with Gasteiger partial charge < -0.3 is 10.1 Å². The Morgan fingerprint density at radius 1 is 1.58 bits per heavy atom. The molecule has 0 radical (unpaired) electrons. The highest BCUT2D eigenvalue weighted by atomic mass is 32.2. The molecule has 0 unspecified atom stereocenters. The maximum Gasteiger partial charge on any atom is 0.262 e. The van der Waals surface area contributed by atoms with Gasteiger partial charge in [-0.2, -0.15) is 0 Å². The van der Waals surface area contributed by atoms with Gasteiger partial charge in [0.15, 0.2) is 5.16 Å². The molecule has 1 N–H and O–H groups in total. The number of carbonyl (C=O) groups is 1. The highest BCUT2D eigenvalue weighted by molar-refractivity contribution is 8.00. The van der Waals surface area contributed by atoms with Crippen LogP contribution in [-0.2, 0) is 22.5 Å². The Morgan fingerprint density at radius 2 is 2.35 bits per heavy atom. The van der Waals surface area contributed by atoms with Crippen LogP contribution in [0.1, 0.15) is 25.1 Å². The number of rotatable bonds is 10. The highest BCUT2D eigenvalue weighted by Crippen LogP contribution is 2.27. The lowest BCUT2D eigenvalue weighted by molar-refractivity contribution is -0.120. The first-order chi connectivity index (χ1) is 12.5. The molecule has 26 heavy (non-hydrogen) atoms. The van der Waals surface area contributed by atoms with Gasteiger partial charge >= 0.3 is 0 Å². The normalized spacial score (nSPS) is 12.3. The minimum Gasteiger partial charge on any atom is -0.385 e. The molecule has 2 rings (SSSR count). The number of hydrogen-bond donors (Lipinski definition) is 1. The summed E-state index contributed by atoms with van der Waals surface area (Å²) in [6.45, 7) is 8.96. The molecule has 2 heterocycles. The first kappa shape index (κ1) is 20.7. The Kier molecular flexibility index (Phi) is 7.86. The Labute approximate surface area is 161 Å². The molecule has 0 fully saturated rings. The SMILES string of the molecule is C=CCNC(=O)[C@@H](C)Sc1nc2sc(CC)cc2c(=O)n1CCCOC. The third-order valence-corrected chi connectivity index (χ3v) is 6.08. The number of thiophene rings is 1. The van der Waals surface area contributed by atoms with Crippen LogP contribution < -0.4 is 10.9 Å². The summed E-state index contributed by atoms with van der Waals surface area (Å²) in [5.41, 5.74) is -0.0525. The number of carbonyl (C=O) groups excluding carboxylic acids is 1. The maximum absolute atomic E-state index is 13.0. The molecule has 0 saturated carbocycles. The van der Waals surface area contributed by atoms with Crippen LogP contribution in [0.4, 0.5) is 0 Å². The summed E-state index contributed by atoms with van der Waals surface area (Å²) in [6, 6.07) is 1.93. The van der Waals surface area contributed by atoms with Gasteiger partial charge in [0.05, 0.1) is 10.6 Å². The molecule has 8 heteroatoms. The summed E-state index contributed by atoms with van der Waals surface area (Å²) in [4.78, 5) is 31.7.